The van der Waals surface area contributed by atoms with Gasteiger partial charge in [0, 0.05) is 43.9 Å². The minimum Gasteiger partial charge on any atom is -0.487 e. The van der Waals surface area contributed by atoms with E-state index in [1.54, 1.807) is 44.4 Å². The average molecular weight is 515 g/mol. The van der Waals surface area contributed by atoms with Crippen molar-refractivity contribution in [2.24, 2.45) is 5.92 Å². The molecule has 0 bridgehead atoms. The van der Waals surface area contributed by atoms with Crippen molar-refractivity contribution in [1.29, 1.82) is 0 Å². The Morgan fingerprint density at radius 3 is 2.78 bits per heavy atom. The molecule has 0 radical (unpaired) electrons. The Labute approximate surface area is 213 Å². The van der Waals surface area contributed by atoms with Gasteiger partial charge in [-0.1, -0.05) is 25.8 Å². The zero-order valence-electron chi connectivity index (χ0n) is 21.1. The van der Waals surface area contributed by atoms with Crippen molar-refractivity contribution in [3.63, 3.8) is 0 Å². The number of hydrogen-bond acceptors (Lipinski definition) is 6. The van der Waals surface area contributed by atoms with E-state index in [0.717, 1.165) is 6.42 Å². The van der Waals surface area contributed by atoms with Crippen LogP contribution in [0.5, 0.6) is 5.75 Å². The monoisotopic (exact) mass is 514 g/mol. The molecule has 0 unspecified atom stereocenters. The van der Waals surface area contributed by atoms with Crippen LogP contribution in [0.4, 0.5) is 4.79 Å². The summed E-state index contributed by atoms with van der Waals surface area (Å²) >= 11 is 0. The van der Waals surface area contributed by atoms with Crippen LogP contribution in [0.2, 0.25) is 0 Å². The highest BCUT2D eigenvalue weighted by Gasteiger charge is 2.38. The van der Waals surface area contributed by atoms with E-state index < -0.39 is 22.2 Å². The molecule has 36 heavy (non-hydrogen) atoms. The molecular weight excluding hydrogens is 480 g/mol. The Kier molecular flexibility index (Phi) is 9.31. The molecule has 0 aliphatic carbocycles. The summed E-state index contributed by atoms with van der Waals surface area (Å²) in [5, 5.41) is 12.6. The zero-order chi connectivity index (χ0) is 26.3. The number of pyridine rings is 1. The number of ether oxygens (including phenoxy) is 1. The number of nitrogens with one attached hydrogen (secondary N) is 1. The van der Waals surface area contributed by atoms with Gasteiger partial charge >= 0.3 is 6.03 Å². The molecule has 2 amide bonds. The van der Waals surface area contributed by atoms with Gasteiger partial charge in [0.15, 0.2) is 0 Å². The highest BCUT2D eigenvalue weighted by molar-refractivity contribution is 7.89. The lowest BCUT2D eigenvalue weighted by Crippen LogP contribution is -2.51. The molecule has 0 spiro atoms. The van der Waals surface area contributed by atoms with Gasteiger partial charge in [0.2, 0.25) is 10.0 Å². The largest absolute Gasteiger partial charge is 0.487 e. The van der Waals surface area contributed by atoms with Crippen LogP contribution < -0.4 is 10.1 Å². The number of nitrogens with zero attached hydrogens (tertiary/aromatic N) is 3. The second-order valence-corrected chi connectivity index (χ2v) is 10.8. The zero-order valence-corrected chi connectivity index (χ0v) is 22.0. The maximum absolute atomic E-state index is 13.6. The molecule has 3 atom stereocenters. The van der Waals surface area contributed by atoms with E-state index in [2.05, 4.69) is 22.1 Å². The number of urea groups is 1. The first-order chi connectivity index (χ1) is 17.2. The Morgan fingerprint density at radius 1 is 1.33 bits per heavy atom. The molecule has 2 N–H and O–H groups in total. The van der Waals surface area contributed by atoms with Gasteiger partial charge < -0.3 is 20.1 Å². The fourth-order valence-electron chi connectivity index (χ4n) is 3.81. The van der Waals surface area contributed by atoms with Crippen molar-refractivity contribution >= 4 is 16.1 Å². The first-order valence-electron chi connectivity index (χ1n) is 12.0. The van der Waals surface area contributed by atoms with Gasteiger partial charge in [0.1, 0.15) is 22.4 Å². The van der Waals surface area contributed by atoms with Gasteiger partial charge in [0.25, 0.3) is 0 Å². The van der Waals surface area contributed by atoms with Gasteiger partial charge in [-0.05, 0) is 49.6 Å². The van der Waals surface area contributed by atoms with E-state index in [1.807, 2.05) is 19.9 Å². The highest BCUT2D eigenvalue weighted by Crippen LogP contribution is 2.34. The maximum atomic E-state index is 13.6. The predicted octanol–water partition coefficient (Wildman–Crippen LogP) is 2.30. The fourth-order valence-corrected chi connectivity index (χ4v) is 5.64. The molecular formula is C26H34N4O5S. The number of benzene rings is 1. The van der Waals surface area contributed by atoms with Crippen molar-refractivity contribution in [3.05, 3.63) is 53.9 Å². The molecule has 0 saturated carbocycles. The molecule has 0 saturated heterocycles. The summed E-state index contributed by atoms with van der Waals surface area (Å²) < 4.78 is 34.8. The molecule has 2 aromatic rings. The molecule has 3 rings (SSSR count). The summed E-state index contributed by atoms with van der Waals surface area (Å²) in [7, 11) is -2.28. The van der Waals surface area contributed by atoms with Crippen LogP contribution in [0.25, 0.3) is 0 Å². The second kappa shape index (κ2) is 12.2. The number of aliphatic hydroxyl groups excluding tert-OH is 1. The summed E-state index contributed by atoms with van der Waals surface area (Å²) in [6.45, 7) is 6.15. The lowest BCUT2D eigenvalue weighted by atomic mass is 10.0. The topological polar surface area (TPSA) is 112 Å². The van der Waals surface area contributed by atoms with Crippen LogP contribution >= 0.6 is 0 Å². The van der Waals surface area contributed by atoms with Gasteiger partial charge in [-0.15, -0.1) is 0 Å². The maximum Gasteiger partial charge on any atom is 0.317 e. The van der Waals surface area contributed by atoms with Crippen LogP contribution in [0.1, 0.15) is 38.4 Å². The van der Waals surface area contributed by atoms with Crippen LogP contribution in [-0.4, -0.2) is 79.2 Å². The number of fused-ring (bicyclic) bond motifs is 1. The standard InChI is InChI=1S/C26H34N4O5S/c1-5-13-28-26(32)29(4)17-24-19(2)16-30(20(3)18-31)36(33,34)25-12-10-21(15-23(25)35-24)9-11-22-8-6-7-14-27-22/h6-8,10,12,14-15,19-20,24,31H,5,13,16-18H2,1-4H3,(H,28,32)/t19-,20-,24-/m1/s1. The van der Waals surface area contributed by atoms with E-state index in [4.69, 9.17) is 4.74 Å². The minimum absolute atomic E-state index is 0.00109. The van der Waals surface area contributed by atoms with Crippen LogP contribution in [0, 0.1) is 17.8 Å². The predicted molar refractivity (Wildman–Crippen MR) is 137 cm³/mol. The quantitative estimate of drug-likeness (QED) is 0.572. The Morgan fingerprint density at radius 2 is 2.11 bits per heavy atom. The molecule has 1 aromatic heterocycles. The summed E-state index contributed by atoms with van der Waals surface area (Å²) in [6.07, 6.45) is 1.97. The molecule has 194 valence electrons. The lowest BCUT2D eigenvalue weighted by Gasteiger charge is -2.37. The van der Waals surface area contributed by atoms with Gasteiger partial charge in [0.05, 0.1) is 13.2 Å². The number of aliphatic hydroxyl groups is 1. The normalized spacial score (nSPS) is 19.9. The number of likely N-dealkylation sites (N-methyl/N-ethyl adjacent to an activating group) is 1. The number of hydrogen-bond donors (Lipinski definition) is 2. The molecule has 0 fully saturated rings. The molecule has 2 heterocycles. The van der Waals surface area contributed by atoms with Crippen molar-refractivity contribution < 1.29 is 23.1 Å². The molecule has 10 heteroatoms. The Balaban J connectivity index is 2.01. The third kappa shape index (κ3) is 6.55. The summed E-state index contributed by atoms with van der Waals surface area (Å²) in [5.74, 6) is 5.87. The van der Waals surface area contributed by atoms with E-state index in [-0.39, 0.29) is 42.3 Å². The van der Waals surface area contributed by atoms with E-state index in [9.17, 15) is 18.3 Å². The smallest absolute Gasteiger partial charge is 0.317 e. The first kappa shape index (κ1) is 27.5. The number of carbonyl (C=O) groups excluding carboxylic acids is 1. The molecule has 1 aliphatic heterocycles. The van der Waals surface area contributed by atoms with Crippen molar-refractivity contribution in [2.75, 3.05) is 33.3 Å². The first-order valence-corrected chi connectivity index (χ1v) is 13.5. The van der Waals surface area contributed by atoms with Gasteiger partial charge in [-0.25, -0.2) is 18.2 Å². The van der Waals surface area contributed by atoms with Crippen molar-refractivity contribution in [2.45, 2.75) is 44.2 Å². The number of carbonyl (C=O) groups is 1. The van der Waals surface area contributed by atoms with Gasteiger partial charge in [-0.3, -0.25) is 0 Å². The van der Waals surface area contributed by atoms with Crippen LogP contribution in [0.3, 0.4) is 0 Å². The van der Waals surface area contributed by atoms with Gasteiger partial charge in [-0.2, -0.15) is 4.31 Å². The van der Waals surface area contributed by atoms with Crippen molar-refractivity contribution in [1.82, 2.24) is 19.5 Å². The SMILES string of the molecule is CCCNC(=O)N(C)C[C@H]1Oc2cc(C#Cc3ccccn3)ccc2S(=O)(=O)N([C@H](C)CO)C[C@H]1C. The molecule has 1 aliphatic rings. The third-order valence-corrected chi connectivity index (χ3v) is 8.01. The number of aromatic nitrogens is 1. The van der Waals surface area contributed by atoms with Crippen LogP contribution in [-0.2, 0) is 10.0 Å². The number of sulfonamides is 1. The molecule has 9 nitrogen and oxygen atoms in total. The number of rotatable bonds is 6. The second-order valence-electron chi connectivity index (χ2n) is 8.98. The van der Waals surface area contributed by atoms with Crippen molar-refractivity contribution in [3.8, 4) is 17.6 Å². The number of amides is 2. The lowest BCUT2D eigenvalue weighted by molar-refractivity contribution is 0.0812. The van der Waals surface area contributed by atoms with E-state index in [0.29, 0.717) is 17.8 Å². The van der Waals surface area contributed by atoms with E-state index >= 15 is 0 Å². The minimum atomic E-state index is -3.96. The van der Waals surface area contributed by atoms with E-state index in [1.165, 1.54) is 15.3 Å². The van der Waals surface area contributed by atoms with Crippen LogP contribution in [0.15, 0.2) is 47.5 Å². The Bertz CT molecular complexity index is 1210. The highest BCUT2D eigenvalue weighted by atomic mass is 32.2. The summed E-state index contributed by atoms with van der Waals surface area (Å²) in [6, 6.07) is 9.28. The molecule has 1 aromatic carbocycles. The summed E-state index contributed by atoms with van der Waals surface area (Å²) in [5.41, 5.74) is 1.16. The third-order valence-electron chi connectivity index (χ3n) is 5.99. The average Bonchev–Trinajstić information content (AvgIpc) is 2.88. The summed E-state index contributed by atoms with van der Waals surface area (Å²) in [4.78, 5) is 18.2. The Hall–Kier alpha value is -3.13. The fraction of sp³-hybridized carbons (Fsp3) is 0.462.